The summed E-state index contributed by atoms with van der Waals surface area (Å²) in [7, 11) is 0. The Labute approximate surface area is 134 Å². The Hall–Kier alpha value is -2.69. The van der Waals surface area contributed by atoms with E-state index in [-0.39, 0.29) is 24.1 Å². The average Bonchev–Trinajstić information content (AvgIpc) is 2.53. The first kappa shape index (κ1) is 16.7. The predicted molar refractivity (Wildman–Crippen MR) is 86.0 cm³/mol. The molecule has 120 valence electrons. The van der Waals surface area contributed by atoms with Crippen LogP contribution >= 0.6 is 0 Å². The number of benzene rings is 2. The molecule has 0 unspecified atom stereocenters. The number of amides is 2. The van der Waals surface area contributed by atoms with Gasteiger partial charge < -0.3 is 11.1 Å². The Kier molecular flexibility index (Phi) is 5.46. The number of nitrogens with one attached hydrogen (secondary N) is 1. The maximum Gasteiger partial charge on any atom is 0.244 e. The van der Waals surface area contributed by atoms with E-state index in [9.17, 15) is 14.0 Å². The van der Waals surface area contributed by atoms with Crippen LogP contribution in [-0.2, 0) is 9.59 Å². The van der Waals surface area contributed by atoms with Crippen LogP contribution in [0.5, 0.6) is 0 Å². The molecule has 23 heavy (non-hydrogen) atoms. The highest BCUT2D eigenvalue weighted by Gasteiger charge is 2.21. The van der Waals surface area contributed by atoms with Crippen molar-refractivity contribution < 1.29 is 14.0 Å². The standard InChI is InChI=1S/C18H19FN2O2/c1-12(13-7-9-15(19)10-8-13)11-16(22)21-17(18(20)23)14-5-3-2-4-6-14/h2-10,12,17H,11H2,1H3,(H2,20,23)(H,21,22)/t12-,17-/m0/s1. The summed E-state index contributed by atoms with van der Waals surface area (Å²) in [5.74, 6) is -1.31. The van der Waals surface area contributed by atoms with Gasteiger partial charge in [0.05, 0.1) is 0 Å². The van der Waals surface area contributed by atoms with Gasteiger partial charge in [0.25, 0.3) is 0 Å². The number of carbonyl (C=O) groups excluding carboxylic acids is 2. The number of nitrogens with two attached hydrogens (primary N) is 1. The molecule has 0 saturated carbocycles. The molecular weight excluding hydrogens is 295 g/mol. The second-order valence-electron chi connectivity index (χ2n) is 5.47. The molecule has 0 aromatic heterocycles. The zero-order chi connectivity index (χ0) is 16.8. The van der Waals surface area contributed by atoms with E-state index in [1.165, 1.54) is 12.1 Å². The second-order valence-corrected chi connectivity index (χ2v) is 5.47. The van der Waals surface area contributed by atoms with Gasteiger partial charge in [-0.25, -0.2) is 4.39 Å². The van der Waals surface area contributed by atoms with Gasteiger partial charge in [-0.2, -0.15) is 0 Å². The molecule has 0 spiro atoms. The Bertz CT molecular complexity index is 671. The number of primary amides is 1. The molecule has 2 aromatic rings. The minimum absolute atomic E-state index is 0.0973. The van der Waals surface area contributed by atoms with Gasteiger partial charge in [-0.05, 0) is 29.2 Å². The van der Waals surface area contributed by atoms with Crippen LogP contribution < -0.4 is 11.1 Å². The van der Waals surface area contributed by atoms with Crippen molar-refractivity contribution in [1.29, 1.82) is 0 Å². The van der Waals surface area contributed by atoms with Crippen molar-refractivity contribution in [3.05, 3.63) is 71.5 Å². The normalized spacial score (nSPS) is 13.1. The largest absolute Gasteiger partial charge is 0.368 e. The molecule has 0 aliphatic heterocycles. The lowest BCUT2D eigenvalue weighted by Crippen LogP contribution is -2.37. The van der Waals surface area contributed by atoms with E-state index >= 15 is 0 Å². The fraction of sp³-hybridized carbons (Fsp3) is 0.222. The summed E-state index contributed by atoms with van der Waals surface area (Å²) >= 11 is 0. The van der Waals surface area contributed by atoms with E-state index < -0.39 is 11.9 Å². The van der Waals surface area contributed by atoms with Crippen molar-refractivity contribution in [3.8, 4) is 0 Å². The number of hydrogen-bond acceptors (Lipinski definition) is 2. The first-order valence-corrected chi connectivity index (χ1v) is 7.36. The maximum atomic E-state index is 12.9. The molecule has 2 atom stereocenters. The Morgan fingerprint density at radius 2 is 1.65 bits per heavy atom. The van der Waals surface area contributed by atoms with Crippen LogP contribution in [0, 0.1) is 5.82 Å². The molecule has 0 aliphatic rings. The van der Waals surface area contributed by atoms with E-state index in [1.54, 1.807) is 36.4 Å². The fourth-order valence-corrected chi connectivity index (χ4v) is 2.37. The topological polar surface area (TPSA) is 72.2 Å². The van der Waals surface area contributed by atoms with E-state index in [0.29, 0.717) is 5.56 Å². The van der Waals surface area contributed by atoms with E-state index in [4.69, 9.17) is 5.73 Å². The SMILES string of the molecule is C[C@@H](CC(=O)N[C@H](C(N)=O)c1ccccc1)c1ccc(F)cc1. The third-order valence-electron chi connectivity index (χ3n) is 3.65. The summed E-state index contributed by atoms with van der Waals surface area (Å²) in [6.45, 7) is 1.87. The Morgan fingerprint density at radius 1 is 1.04 bits per heavy atom. The molecule has 2 rings (SSSR count). The molecule has 0 bridgehead atoms. The lowest BCUT2D eigenvalue weighted by Gasteiger charge is -2.18. The van der Waals surface area contributed by atoms with Crippen LogP contribution in [0.3, 0.4) is 0 Å². The summed E-state index contributed by atoms with van der Waals surface area (Å²) in [6, 6.07) is 14.0. The van der Waals surface area contributed by atoms with E-state index in [1.807, 2.05) is 13.0 Å². The van der Waals surface area contributed by atoms with Gasteiger partial charge in [-0.1, -0.05) is 49.4 Å². The minimum Gasteiger partial charge on any atom is -0.368 e. The molecule has 2 amide bonds. The molecule has 0 aliphatic carbocycles. The summed E-state index contributed by atoms with van der Waals surface area (Å²) in [5, 5.41) is 2.66. The number of carbonyl (C=O) groups is 2. The monoisotopic (exact) mass is 314 g/mol. The first-order valence-electron chi connectivity index (χ1n) is 7.36. The quantitative estimate of drug-likeness (QED) is 0.860. The highest BCUT2D eigenvalue weighted by Crippen LogP contribution is 2.20. The van der Waals surface area contributed by atoms with Crippen LogP contribution in [0.1, 0.15) is 36.4 Å². The minimum atomic E-state index is -0.857. The first-order chi connectivity index (χ1) is 11.0. The molecule has 5 heteroatoms. The van der Waals surface area contributed by atoms with Gasteiger partial charge in [0, 0.05) is 6.42 Å². The number of rotatable bonds is 6. The predicted octanol–water partition coefficient (Wildman–Crippen LogP) is 2.66. The van der Waals surface area contributed by atoms with Gasteiger partial charge in [-0.3, -0.25) is 9.59 Å². The third-order valence-corrected chi connectivity index (χ3v) is 3.65. The van der Waals surface area contributed by atoms with Gasteiger partial charge in [-0.15, -0.1) is 0 Å². The van der Waals surface area contributed by atoms with Crippen LogP contribution in [0.25, 0.3) is 0 Å². The number of hydrogen-bond donors (Lipinski definition) is 2. The molecule has 0 saturated heterocycles. The van der Waals surface area contributed by atoms with Gasteiger partial charge in [0.15, 0.2) is 0 Å². The molecule has 0 fully saturated rings. The molecule has 0 radical (unpaired) electrons. The molecule has 2 aromatic carbocycles. The van der Waals surface area contributed by atoms with Gasteiger partial charge in [0.1, 0.15) is 11.9 Å². The highest BCUT2D eigenvalue weighted by atomic mass is 19.1. The van der Waals surface area contributed by atoms with Crippen LogP contribution in [-0.4, -0.2) is 11.8 Å². The van der Waals surface area contributed by atoms with Crippen molar-refractivity contribution in [2.24, 2.45) is 5.73 Å². The van der Waals surface area contributed by atoms with E-state index in [2.05, 4.69) is 5.32 Å². The van der Waals surface area contributed by atoms with Crippen molar-refractivity contribution in [2.45, 2.75) is 25.3 Å². The second kappa shape index (κ2) is 7.54. The van der Waals surface area contributed by atoms with Crippen LogP contribution in [0.2, 0.25) is 0 Å². The third kappa shape index (κ3) is 4.64. The number of halogens is 1. The molecule has 0 heterocycles. The zero-order valence-electron chi connectivity index (χ0n) is 12.8. The summed E-state index contributed by atoms with van der Waals surface area (Å²) in [5.41, 5.74) is 6.88. The van der Waals surface area contributed by atoms with Crippen molar-refractivity contribution in [1.82, 2.24) is 5.32 Å². The van der Waals surface area contributed by atoms with Gasteiger partial charge in [0.2, 0.25) is 11.8 Å². The van der Waals surface area contributed by atoms with Gasteiger partial charge >= 0.3 is 0 Å². The van der Waals surface area contributed by atoms with E-state index in [0.717, 1.165) is 5.56 Å². The molecule has 4 nitrogen and oxygen atoms in total. The summed E-state index contributed by atoms with van der Waals surface area (Å²) in [4.78, 5) is 23.8. The highest BCUT2D eigenvalue weighted by molar-refractivity contribution is 5.87. The summed E-state index contributed by atoms with van der Waals surface area (Å²) < 4.78 is 12.9. The van der Waals surface area contributed by atoms with Crippen molar-refractivity contribution in [3.63, 3.8) is 0 Å². The molecule has 3 N–H and O–H groups in total. The Morgan fingerprint density at radius 3 is 2.22 bits per heavy atom. The van der Waals surface area contributed by atoms with Crippen molar-refractivity contribution >= 4 is 11.8 Å². The van der Waals surface area contributed by atoms with Crippen molar-refractivity contribution in [2.75, 3.05) is 0 Å². The lowest BCUT2D eigenvalue weighted by molar-refractivity contribution is -0.127. The van der Waals surface area contributed by atoms with Crippen LogP contribution in [0.15, 0.2) is 54.6 Å². The lowest BCUT2D eigenvalue weighted by atomic mass is 9.97. The summed E-state index contributed by atoms with van der Waals surface area (Å²) in [6.07, 6.45) is 0.183. The Balaban J connectivity index is 2.02. The zero-order valence-corrected chi connectivity index (χ0v) is 12.8. The average molecular weight is 314 g/mol. The smallest absolute Gasteiger partial charge is 0.244 e. The fourth-order valence-electron chi connectivity index (χ4n) is 2.37. The van der Waals surface area contributed by atoms with Crippen LogP contribution in [0.4, 0.5) is 4.39 Å². The maximum absolute atomic E-state index is 12.9. The molecular formula is C18H19FN2O2.